The van der Waals surface area contributed by atoms with Gasteiger partial charge < -0.3 is 4.84 Å². The summed E-state index contributed by atoms with van der Waals surface area (Å²) in [6, 6.07) is 7.13. The summed E-state index contributed by atoms with van der Waals surface area (Å²) in [6.07, 6.45) is 0. The molecule has 0 aliphatic rings. The van der Waals surface area contributed by atoms with Crippen LogP contribution in [-0.2, 0) is 0 Å². The number of hydrogen-bond donors (Lipinski definition) is 1. The Hall–Kier alpha value is -0.730. The molecule has 11 heavy (non-hydrogen) atoms. The normalized spacial score (nSPS) is 8.55. The Morgan fingerprint density at radius 1 is 1.27 bits per heavy atom. The monoisotopic (exact) mass is 173 g/mol. The summed E-state index contributed by atoms with van der Waals surface area (Å²) < 4.78 is 0. The number of benzene rings is 1. The van der Waals surface area contributed by atoms with Gasteiger partial charge in [0.1, 0.15) is 5.75 Å². The highest BCUT2D eigenvalue weighted by atomic mass is 35.5. The molecule has 0 atom stereocenters. The van der Waals surface area contributed by atoms with Crippen molar-refractivity contribution in [3.8, 4) is 5.75 Å². The number of halogens is 1. The van der Waals surface area contributed by atoms with Gasteiger partial charge in [-0.3, -0.25) is 0 Å². The van der Waals surface area contributed by atoms with E-state index in [1.807, 2.05) is 0 Å². The highest BCUT2D eigenvalue weighted by molar-refractivity contribution is 6.30. The molecule has 0 heterocycles. The van der Waals surface area contributed by atoms with E-state index in [0.717, 1.165) is 5.75 Å². The van der Waals surface area contributed by atoms with Gasteiger partial charge in [-0.25, -0.2) is 0 Å². The van der Waals surface area contributed by atoms with Gasteiger partial charge in [-0.15, -0.1) is 0 Å². The van der Waals surface area contributed by atoms with E-state index in [0.29, 0.717) is 5.02 Å². The zero-order chi connectivity index (χ0) is 7.40. The summed E-state index contributed by atoms with van der Waals surface area (Å²) in [6.45, 7) is 0. The maximum Gasteiger partial charge on any atom is 0.147 e. The van der Waals surface area contributed by atoms with Crippen molar-refractivity contribution < 1.29 is 4.84 Å². The molecule has 1 aromatic rings. The van der Waals surface area contributed by atoms with E-state index in [9.17, 15) is 0 Å². The Balaban J connectivity index is 0.000001000. The molecule has 0 aliphatic carbocycles. The van der Waals surface area contributed by atoms with Crippen molar-refractivity contribution in [2.24, 2.45) is 0 Å². The summed E-state index contributed by atoms with van der Waals surface area (Å²) in [4.78, 5) is 4.95. The molecule has 0 unspecified atom stereocenters. The lowest BCUT2D eigenvalue weighted by Crippen LogP contribution is -2.10. The summed E-state index contributed by atoms with van der Waals surface area (Å²) in [7, 11) is 1.70. The second-order valence-corrected chi connectivity index (χ2v) is 2.20. The van der Waals surface area contributed by atoms with Crippen LogP contribution in [0.25, 0.3) is 0 Å². The molecule has 0 aromatic heterocycles. The first-order chi connectivity index (χ1) is 4.83. The van der Waals surface area contributed by atoms with Crippen LogP contribution in [0.3, 0.4) is 0 Å². The lowest BCUT2D eigenvalue weighted by atomic mass is 10.3. The first-order valence-corrected chi connectivity index (χ1v) is 3.30. The van der Waals surface area contributed by atoms with Gasteiger partial charge in [-0.05, 0) is 24.3 Å². The zero-order valence-electron chi connectivity index (χ0n) is 5.60. The molecule has 1 rings (SSSR count). The fourth-order valence-electron chi connectivity index (χ4n) is 0.620. The lowest BCUT2D eigenvalue weighted by Gasteiger charge is -2.00. The topological polar surface area (TPSA) is 21.3 Å². The molecule has 0 radical (unpaired) electrons. The molecule has 2 nitrogen and oxygen atoms in total. The average Bonchev–Trinajstić information content (AvgIpc) is 1.95. The van der Waals surface area contributed by atoms with Gasteiger partial charge in [0.2, 0.25) is 0 Å². The quantitative estimate of drug-likeness (QED) is 0.694. The Morgan fingerprint density at radius 3 is 2.27 bits per heavy atom. The van der Waals surface area contributed by atoms with Crippen molar-refractivity contribution >= 4 is 11.6 Å². The van der Waals surface area contributed by atoms with Crippen LogP contribution in [0.1, 0.15) is 7.43 Å². The van der Waals surface area contributed by atoms with E-state index in [2.05, 4.69) is 5.48 Å². The van der Waals surface area contributed by atoms with E-state index >= 15 is 0 Å². The Labute approximate surface area is 72.1 Å². The summed E-state index contributed by atoms with van der Waals surface area (Å²) in [5.41, 5.74) is 2.56. The minimum absolute atomic E-state index is 0. The van der Waals surface area contributed by atoms with Crippen LogP contribution < -0.4 is 10.3 Å². The average molecular weight is 174 g/mol. The molecule has 0 saturated heterocycles. The molecule has 0 aliphatic heterocycles. The second-order valence-electron chi connectivity index (χ2n) is 1.76. The largest absolute Gasteiger partial charge is 0.409 e. The van der Waals surface area contributed by atoms with Gasteiger partial charge in [0.25, 0.3) is 0 Å². The van der Waals surface area contributed by atoms with Crippen molar-refractivity contribution in [3.63, 3.8) is 0 Å². The van der Waals surface area contributed by atoms with Crippen molar-refractivity contribution in [2.45, 2.75) is 7.43 Å². The van der Waals surface area contributed by atoms with Crippen LogP contribution in [-0.4, -0.2) is 7.05 Å². The number of hydroxylamine groups is 1. The van der Waals surface area contributed by atoms with Gasteiger partial charge in [-0.1, -0.05) is 19.0 Å². The molecule has 0 saturated carbocycles. The molecule has 0 fully saturated rings. The summed E-state index contributed by atoms with van der Waals surface area (Å²) >= 11 is 5.64. The Kier molecular flexibility index (Phi) is 4.66. The predicted octanol–water partition coefficient (Wildman–Crippen LogP) is 2.49. The third-order valence-corrected chi connectivity index (χ3v) is 1.29. The number of rotatable bonds is 2. The second kappa shape index (κ2) is 4.99. The first kappa shape index (κ1) is 10.3. The maximum atomic E-state index is 5.64. The molecule has 0 spiro atoms. The van der Waals surface area contributed by atoms with Crippen LogP contribution in [0.5, 0.6) is 5.75 Å². The van der Waals surface area contributed by atoms with E-state index < -0.39 is 0 Å². The fraction of sp³-hybridized carbons (Fsp3) is 0.250. The predicted molar refractivity (Wildman–Crippen MR) is 47.9 cm³/mol. The summed E-state index contributed by atoms with van der Waals surface area (Å²) in [5.74, 6) is 0.756. The van der Waals surface area contributed by atoms with Crippen LogP contribution in [0.4, 0.5) is 0 Å². The van der Waals surface area contributed by atoms with E-state index in [4.69, 9.17) is 16.4 Å². The minimum Gasteiger partial charge on any atom is -0.409 e. The number of nitrogens with one attached hydrogen (secondary N) is 1. The molecule has 0 amide bonds. The molecule has 1 aromatic carbocycles. The van der Waals surface area contributed by atoms with Gasteiger partial charge in [0.05, 0.1) is 0 Å². The first-order valence-electron chi connectivity index (χ1n) is 2.92. The third kappa shape index (κ3) is 3.25. The van der Waals surface area contributed by atoms with Crippen molar-refractivity contribution in [2.75, 3.05) is 7.05 Å². The van der Waals surface area contributed by atoms with Crippen molar-refractivity contribution in [1.29, 1.82) is 0 Å². The van der Waals surface area contributed by atoms with Crippen molar-refractivity contribution in [1.82, 2.24) is 5.48 Å². The van der Waals surface area contributed by atoms with Gasteiger partial charge in [0.15, 0.2) is 0 Å². The highest BCUT2D eigenvalue weighted by Gasteiger charge is 1.89. The van der Waals surface area contributed by atoms with E-state index in [1.54, 1.807) is 31.3 Å². The summed E-state index contributed by atoms with van der Waals surface area (Å²) in [5, 5.41) is 0.712. The Bertz CT molecular complexity index is 198. The smallest absolute Gasteiger partial charge is 0.147 e. The maximum absolute atomic E-state index is 5.64. The zero-order valence-corrected chi connectivity index (χ0v) is 6.35. The number of hydrogen-bond acceptors (Lipinski definition) is 2. The highest BCUT2D eigenvalue weighted by Crippen LogP contribution is 2.14. The van der Waals surface area contributed by atoms with Crippen LogP contribution >= 0.6 is 11.6 Å². The van der Waals surface area contributed by atoms with Crippen molar-refractivity contribution in [3.05, 3.63) is 29.3 Å². The Morgan fingerprint density at radius 2 is 1.82 bits per heavy atom. The molecular formula is C8H12ClNO. The molecule has 1 N–H and O–H groups in total. The van der Waals surface area contributed by atoms with Crippen LogP contribution in [0, 0.1) is 0 Å². The molecule has 3 heteroatoms. The third-order valence-electron chi connectivity index (χ3n) is 1.03. The van der Waals surface area contributed by atoms with Crippen LogP contribution in [0.2, 0.25) is 5.02 Å². The SMILES string of the molecule is C.CNOc1ccc(Cl)cc1. The van der Waals surface area contributed by atoms with E-state index in [-0.39, 0.29) is 7.43 Å². The molecule has 62 valence electrons. The van der Waals surface area contributed by atoms with Gasteiger partial charge in [-0.2, -0.15) is 5.48 Å². The van der Waals surface area contributed by atoms with Gasteiger partial charge in [0, 0.05) is 12.1 Å². The minimum atomic E-state index is 0. The molecule has 0 bridgehead atoms. The van der Waals surface area contributed by atoms with Crippen LogP contribution in [0.15, 0.2) is 24.3 Å². The standard InChI is InChI=1S/C7H8ClNO.CH4/c1-9-10-7-4-2-6(8)3-5-7;/h2-5,9H,1H3;1H4. The van der Waals surface area contributed by atoms with Gasteiger partial charge >= 0.3 is 0 Å². The lowest BCUT2D eigenvalue weighted by molar-refractivity contribution is 0.224. The fourth-order valence-corrected chi connectivity index (χ4v) is 0.746. The molecular weight excluding hydrogens is 162 g/mol. The van der Waals surface area contributed by atoms with E-state index in [1.165, 1.54) is 0 Å².